The number of carbonyl (C=O) groups is 1. The van der Waals surface area contributed by atoms with Gasteiger partial charge >= 0.3 is 6.03 Å². The van der Waals surface area contributed by atoms with Crippen molar-refractivity contribution in [1.82, 2.24) is 10.0 Å². The van der Waals surface area contributed by atoms with E-state index in [9.17, 15) is 13.2 Å². The molecule has 22 heavy (non-hydrogen) atoms. The number of rotatable bonds is 4. The second kappa shape index (κ2) is 6.62. The quantitative estimate of drug-likeness (QED) is 0.910. The highest BCUT2D eigenvalue weighted by molar-refractivity contribution is 7.90. The molecule has 2 aromatic rings. The summed E-state index contributed by atoms with van der Waals surface area (Å²) in [5.74, 6) is 0. The van der Waals surface area contributed by atoms with Gasteiger partial charge in [0.25, 0.3) is 10.0 Å². The van der Waals surface area contributed by atoms with E-state index in [2.05, 4.69) is 5.32 Å². The zero-order chi connectivity index (χ0) is 16.2. The van der Waals surface area contributed by atoms with Crippen LogP contribution in [0, 0.1) is 6.92 Å². The van der Waals surface area contributed by atoms with Crippen molar-refractivity contribution in [3.63, 3.8) is 0 Å². The Balaban J connectivity index is 2.03. The monoisotopic (exact) mass is 318 g/mol. The number of benzene rings is 2. The zero-order valence-corrected chi connectivity index (χ0v) is 13.2. The summed E-state index contributed by atoms with van der Waals surface area (Å²) in [6.45, 7) is 3.64. The minimum atomic E-state index is -3.87. The van der Waals surface area contributed by atoms with Crippen molar-refractivity contribution in [2.24, 2.45) is 0 Å². The summed E-state index contributed by atoms with van der Waals surface area (Å²) in [6, 6.07) is 14.5. The summed E-state index contributed by atoms with van der Waals surface area (Å²) < 4.78 is 26.2. The van der Waals surface area contributed by atoms with Gasteiger partial charge in [0.2, 0.25) is 0 Å². The Bertz CT molecular complexity index is 741. The smallest absolute Gasteiger partial charge is 0.329 e. The molecule has 5 nitrogen and oxygen atoms in total. The number of sulfonamides is 1. The lowest BCUT2D eigenvalue weighted by Crippen LogP contribution is -2.40. The molecule has 0 spiro atoms. The maximum Gasteiger partial charge on any atom is 0.329 e. The topological polar surface area (TPSA) is 75.3 Å². The molecule has 116 valence electrons. The molecule has 2 amide bonds. The van der Waals surface area contributed by atoms with E-state index >= 15 is 0 Å². The van der Waals surface area contributed by atoms with Crippen LogP contribution in [-0.2, 0) is 10.0 Å². The van der Waals surface area contributed by atoms with Crippen LogP contribution in [0.15, 0.2) is 59.5 Å². The number of hydrogen-bond acceptors (Lipinski definition) is 3. The number of amides is 2. The Hall–Kier alpha value is -2.34. The standard InChI is InChI=1S/C16H18N2O3S/c1-12-8-10-15(11-9-12)22(20,21)18-16(19)17-13(2)14-6-4-3-5-7-14/h3-11,13H,1-2H3,(H2,17,18,19). The van der Waals surface area contributed by atoms with Crippen LogP contribution in [0.1, 0.15) is 24.1 Å². The van der Waals surface area contributed by atoms with Crippen molar-refractivity contribution in [2.75, 3.05) is 0 Å². The van der Waals surface area contributed by atoms with Gasteiger partial charge in [0.1, 0.15) is 0 Å². The average molecular weight is 318 g/mol. The number of hydrogen-bond donors (Lipinski definition) is 2. The van der Waals surface area contributed by atoms with Crippen LogP contribution in [0.25, 0.3) is 0 Å². The molecule has 2 aromatic carbocycles. The molecule has 0 aromatic heterocycles. The van der Waals surface area contributed by atoms with Crippen molar-refractivity contribution in [1.29, 1.82) is 0 Å². The lowest BCUT2D eigenvalue weighted by molar-refractivity contribution is 0.243. The SMILES string of the molecule is Cc1ccc(S(=O)(=O)NC(=O)NC(C)c2ccccc2)cc1. The largest absolute Gasteiger partial charge is 0.331 e. The van der Waals surface area contributed by atoms with Crippen LogP contribution in [-0.4, -0.2) is 14.4 Å². The molecular weight excluding hydrogens is 300 g/mol. The Morgan fingerprint density at radius 2 is 1.59 bits per heavy atom. The van der Waals surface area contributed by atoms with Crippen LogP contribution in [0.5, 0.6) is 0 Å². The van der Waals surface area contributed by atoms with E-state index in [1.54, 1.807) is 19.1 Å². The number of urea groups is 1. The fraction of sp³-hybridized carbons (Fsp3) is 0.188. The minimum absolute atomic E-state index is 0.0561. The predicted molar refractivity (Wildman–Crippen MR) is 84.9 cm³/mol. The van der Waals surface area contributed by atoms with E-state index in [-0.39, 0.29) is 10.9 Å². The van der Waals surface area contributed by atoms with Gasteiger partial charge in [-0.05, 0) is 31.5 Å². The lowest BCUT2D eigenvalue weighted by atomic mass is 10.1. The van der Waals surface area contributed by atoms with Gasteiger partial charge in [0.15, 0.2) is 0 Å². The van der Waals surface area contributed by atoms with Crippen molar-refractivity contribution in [2.45, 2.75) is 24.8 Å². The van der Waals surface area contributed by atoms with Gasteiger partial charge < -0.3 is 5.32 Å². The maximum atomic E-state index is 12.1. The Labute approximate surface area is 130 Å². The van der Waals surface area contributed by atoms with Crippen LogP contribution in [0.4, 0.5) is 4.79 Å². The van der Waals surface area contributed by atoms with Gasteiger partial charge in [0.05, 0.1) is 10.9 Å². The fourth-order valence-corrected chi connectivity index (χ4v) is 2.86. The summed E-state index contributed by atoms with van der Waals surface area (Å²) in [7, 11) is -3.87. The first-order chi connectivity index (χ1) is 10.4. The second-order valence-corrected chi connectivity index (χ2v) is 6.71. The predicted octanol–water partition coefficient (Wildman–Crippen LogP) is 2.74. The van der Waals surface area contributed by atoms with Gasteiger partial charge in [0, 0.05) is 0 Å². The zero-order valence-electron chi connectivity index (χ0n) is 12.4. The minimum Gasteiger partial charge on any atom is -0.331 e. The first-order valence-electron chi connectivity index (χ1n) is 6.83. The summed E-state index contributed by atoms with van der Waals surface area (Å²) >= 11 is 0. The first-order valence-corrected chi connectivity index (χ1v) is 8.32. The molecular formula is C16H18N2O3S. The van der Waals surface area contributed by atoms with E-state index in [0.717, 1.165) is 11.1 Å². The highest BCUT2D eigenvalue weighted by Crippen LogP contribution is 2.12. The molecule has 1 atom stereocenters. The van der Waals surface area contributed by atoms with Crippen molar-refractivity contribution in [3.8, 4) is 0 Å². The van der Waals surface area contributed by atoms with E-state index in [4.69, 9.17) is 0 Å². The molecule has 0 heterocycles. The van der Waals surface area contributed by atoms with Gasteiger partial charge in [-0.2, -0.15) is 0 Å². The third-order valence-corrected chi connectivity index (χ3v) is 4.55. The van der Waals surface area contributed by atoms with Crippen LogP contribution < -0.4 is 10.0 Å². The molecule has 1 unspecified atom stereocenters. The van der Waals surface area contributed by atoms with Crippen molar-refractivity contribution < 1.29 is 13.2 Å². The van der Waals surface area contributed by atoms with Gasteiger partial charge in [-0.15, -0.1) is 0 Å². The Kier molecular flexibility index (Phi) is 4.82. The van der Waals surface area contributed by atoms with Crippen LogP contribution in [0.2, 0.25) is 0 Å². The van der Waals surface area contributed by atoms with E-state index in [1.165, 1.54) is 12.1 Å². The maximum absolute atomic E-state index is 12.1. The van der Waals surface area contributed by atoms with Crippen molar-refractivity contribution >= 4 is 16.1 Å². The molecule has 2 N–H and O–H groups in total. The normalized spacial score (nSPS) is 12.5. The molecule has 0 fully saturated rings. The summed E-state index contributed by atoms with van der Waals surface area (Å²) in [4.78, 5) is 11.9. The molecule has 0 aliphatic rings. The lowest BCUT2D eigenvalue weighted by Gasteiger charge is -2.15. The van der Waals surface area contributed by atoms with E-state index in [1.807, 2.05) is 42.0 Å². The van der Waals surface area contributed by atoms with Crippen LogP contribution >= 0.6 is 0 Å². The fourth-order valence-electron chi connectivity index (χ4n) is 1.95. The molecule has 0 bridgehead atoms. The molecule has 0 aliphatic carbocycles. The molecule has 6 heteroatoms. The summed E-state index contributed by atoms with van der Waals surface area (Å²) in [5, 5.41) is 2.60. The third kappa shape index (κ3) is 4.08. The van der Waals surface area contributed by atoms with Gasteiger partial charge in [-0.1, -0.05) is 48.0 Å². The Morgan fingerprint density at radius 1 is 1.00 bits per heavy atom. The highest BCUT2D eigenvalue weighted by atomic mass is 32.2. The molecule has 0 radical (unpaired) electrons. The molecule has 0 saturated carbocycles. The summed E-state index contributed by atoms with van der Waals surface area (Å²) in [6.07, 6.45) is 0. The Morgan fingerprint density at radius 3 is 2.18 bits per heavy atom. The van der Waals surface area contributed by atoms with Gasteiger partial charge in [-0.3, -0.25) is 0 Å². The van der Waals surface area contributed by atoms with E-state index < -0.39 is 16.1 Å². The number of carbonyl (C=O) groups excluding carboxylic acids is 1. The molecule has 0 aliphatic heterocycles. The van der Waals surface area contributed by atoms with Crippen LogP contribution in [0.3, 0.4) is 0 Å². The molecule has 2 rings (SSSR count). The van der Waals surface area contributed by atoms with Crippen molar-refractivity contribution in [3.05, 3.63) is 65.7 Å². The second-order valence-electron chi connectivity index (χ2n) is 5.02. The highest BCUT2D eigenvalue weighted by Gasteiger charge is 2.18. The van der Waals surface area contributed by atoms with Gasteiger partial charge in [-0.25, -0.2) is 17.9 Å². The summed E-state index contributed by atoms with van der Waals surface area (Å²) in [5.41, 5.74) is 1.84. The third-order valence-electron chi connectivity index (χ3n) is 3.21. The average Bonchev–Trinajstić information content (AvgIpc) is 2.48. The number of nitrogens with one attached hydrogen (secondary N) is 2. The van der Waals surface area contributed by atoms with E-state index in [0.29, 0.717) is 0 Å². The molecule has 0 saturated heterocycles. The number of aryl methyl sites for hydroxylation is 1. The first kappa shape index (κ1) is 16.0.